The Labute approximate surface area is 157 Å². The fourth-order valence-corrected chi connectivity index (χ4v) is 3.70. The Morgan fingerprint density at radius 3 is 2.35 bits per heavy atom. The Morgan fingerprint density at radius 1 is 1.04 bits per heavy atom. The van der Waals surface area contributed by atoms with E-state index in [9.17, 15) is 0 Å². The summed E-state index contributed by atoms with van der Waals surface area (Å²) in [5.74, 6) is 1.01. The van der Waals surface area contributed by atoms with Crippen LogP contribution in [0.4, 0.5) is 0 Å². The molecule has 142 valence electrons. The topological polar surface area (TPSA) is 50.1 Å². The van der Waals surface area contributed by atoms with E-state index in [2.05, 4.69) is 83.4 Å². The number of tetrazole rings is 1. The van der Waals surface area contributed by atoms with Crippen LogP contribution in [-0.4, -0.2) is 56.2 Å². The molecule has 0 saturated carbocycles. The van der Waals surface area contributed by atoms with E-state index in [1.54, 1.807) is 0 Å². The average Bonchev–Trinajstić information content (AvgIpc) is 3.11. The monoisotopic (exact) mass is 356 g/mol. The summed E-state index contributed by atoms with van der Waals surface area (Å²) in [5, 5.41) is 12.7. The molecule has 6 heteroatoms. The smallest absolute Gasteiger partial charge is 0.168 e. The highest BCUT2D eigenvalue weighted by Crippen LogP contribution is 2.28. The van der Waals surface area contributed by atoms with Crippen molar-refractivity contribution in [2.75, 3.05) is 26.2 Å². The molecule has 0 bridgehead atoms. The van der Waals surface area contributed by atoms with Crippen LogP contribution < -0.4 is 0 Å². The van der Waals surface area contributed by atoms with E-state index in [0.29, 0.717) is 6.04 Å². The van der Waals surface area contributed by atoms with Crippen molar-refractivity contribution < 1.29 is 0 Å². The van der Waals surface area contributed by atoms with E-state index in [4.69, 9.17) is 0 Å². The Hall–Kier alpha value is -1.79. The lowest BCUT2D eigenvalue weighted by atomic mass is 10.0. The Kier molecular flexibility index (Phi) is 6.04. The van der Waals surface area contributed by atoms with Gasteiger partial charge in [-0.1, -0.05) is 43.7 Å². The first-order valence-corrected chi connectivity index (χ1v) is 9.78. The molecule has 1 atom stereocenters. The fraction of sp³-hybridized carbons (Fsp3) is 0.650. The molecule has 0 amide bonds. The van der Waals surface area contributed by atoms with Crippen LogP contribution in [0.15, 0.2) is 30.3 Å². The molecule has 3 rings (SSSR count). The van der Waals surface area contributed by atoms with Gasteiger partial charge < -0.3 is 0 Å². The van der Waals surface area contributed by atoms with Crippen molar-refractivity contribution in [3.05, 3.63) is 41.7 Å². The van der Waals surface area contributed by atoms with Crippen molar-refractivity contribution in [3.63, 3.8) is 0 Å². The first-order valence-electron chi connectivity index (χ1n) is 9.78. The molecule has 6 nitrogen and oxygen atoms in total. The molecule has 1 aromatic heterocycles. The summed E-state index contributed by atoms with van der Waals surface area (Å²) in [7, 11) is 0. The number of aromatic nitrogens is 4. The summed E-state index contributed by atoms with van der Waals surface area (Å²) in [4.78, 5) is 5.11. The zero-order chi connectivity index (χ0) is 18.6. The number of hydrogen-bond donors (Lipinski definition) is 0. The molecule has 1 aromatic carbocycles. The second kappa shape index (κ2) is 8.27. The van der Waals surface area contributed by atoms with Crippen molar-refractivity contribution in [1.29, 1.82) is 0 Å². The maximum absolute atomic E-state index is 4.41. The number of piperazine rings is 1. The fourth-order valence-electron chi connectivity index (χ4n) is 3.70. The minimum Gasteiger partial charge on any atom is -0.297 e. The highest BCUT2D eigenvalue weighted by molar-refractivity contribution is 5.14. The van der Waals surface area contributed by atoms with Crippen LogP contribution in [-0.2, 0) is 12.1 Å². The van der Waals surface area contributed by atoms with Crippen LogP contribution in [0.1, 0.15) is 58.0 Å². The van der Waals surface area contributed by atoms with Crippen LogP contribution in [0.25, 0.3) is 0 Å². The largest absolute Gasteiger partial charge is 0.297 e. The van der Waals surface area contributed by atoms with Gasteiger partial charge in [0.05, 0.1) is 11.6 Å². The lowest BCUT2D eigenvalue weighted by Gasteiger charge is -2.39. The number of hydrogen-bond acceptors (Lipinski definition) is 5. The molecule has 1 aliphatic rings. The van der Waals surface area contributed by atoms with Crippen molar-refractivity contribution in [1.82, 2.24) is 30.0 Å². The molecule has 1 fully saturated rings. The summed E-state index contributed by atoms with van der Waals surface area (Å²) in [6.07, 6.45) is 2.22. The lowest BCUT2D eigenvalue weighted by Crippen LogP contribution is -2.48. The van der Waals surface area contributed by atoms with Gasteiger partial charge in [0.25, 0.3) is 0 Å². The van der Waals surface area contributed by atoms with Gasteiger partial charge in [-0.05, 0) is 43.2 Å². The third kappa shape index (κ3) is 4.48. The Morgan fingerprint density at radius 2 is 1.73 bits per heavy atom. The third-order valence-electron chi connectivity index (χ3n) is 5.09. The van der Waals surface area contributed by atoms with Gasteiger partial charge in [-0.25, -0.2) is 4.68 Å². The van der Waals surface area contributed by atoms with Gasteiger partial charge in [0.2, 0.25) is 0 Å². The number of rotatable bonds is 6. The molecule has 0 spiro atoms. The first kappa shape index (κ1) is 19.0. The second-order valence-corrected chi connectivity index (χ2v) is 8.22. The minimum absolute atomic E-state index is 0.0973. The molecular formula is C20H32N6. The van der Waals surface area contributed by atoms with E-state index in [0.717, 1.165) is 51.4 Å². The van der Waals surface area contributed by atoms with Gasteiger partial charge in [0.1, 0.15) is 0 Å². The summed E-state index contributed by atoms with van der Waals surface area (Å²) < 4.78 is 2.00. The van der Waals surface area contributed by atoms with Crippen LogP contribution in [0.5, 0.6) is 0 Å². The average molecular weight is 357 g/mol. The quantitative estimate of drug-likeness (QED) is 0.796. The van der Waals surface area contributed by atoms with E-state index < -0.39 is 0 Å². The maximum Gasteiger partial charge on any atom is 0.168 e. The van der Waals surface area contributed by atoms with Crippen molar-refractivity contribution in [3.8, 4) is 0 Å². The SMILES string of the molecule is CCC[C@H](c1nnnn1C(C)(C)C)N1CCN(Cc2ccccc2)CC1. The van der Waals surface area contributed by atoms with Gasteiger partial charge >= 0.3 is 0 Å². The predicted octanol–water partition coefficient (Wildman–Crippen LogP) is 3.09. The normalized spacial score (nSPS) is 18.2. The van der Waals surface area contributed by atoms with E-state index in [-0.39, 0.29) is 5.54 Å². The molecule has 2 heterocycles. The van der Waals surface area contributed by atoms with Crippen LogP contribution >= 0.6 is 0 Å². The number of benzene rings is 1. The molecular weight excluding hydrogens is 324 g/mol. The molecule has 0 N–H and O–H groups in total. The minimum atomic E-state index is -0.0973. The Balaban J connectivity index is 1.67. The standard InChI is InChI=1S/C20H32N6/c1-5-9-18(19-21-22-23-26(19)20(2,3)4)25-14-12-24(13-15-25)16-17-10-7-6-8-11-17/h6-8,10-11,18H,5,9,12-16H2,1-4H3/t18-/m1/s1. The predicted molar refractivity (Wildman–Crippen MR) is 104 cm³/mol. The van der Waals surface area contributed by atoms with E-state index in [1.165, 1.54) is 5.56 Å². The van der Waals surface area contributed by atoms with Gasteiger partial charge in [-0.2, -0.15) is 0 Å². The van der Waals surface area contributed by atoms with Gasteiger partial charge in [0, 0.05) is 32.7 Å². The molecule has 26 heavy (non-hydrogen) atoms. The third-order valence-corrected chi connectivity index (χ3v) is 5.09. The summed E-state index contributed by atoms with van der Waals surface area (Å²) in [5.41, 5.74) is 1.29. The van der Waals surface area contributed by atoms with Crippen molar-refractivity contribution >= 4 is 0 Å². The van der Waals surface area contributed by atoms with E-state index >= 15 is 0 Å². The highest BCUT2D eigenvalue weighted by atomic mass is 15.6. The van der Waals surface area contributed by atoms with Gasteiger partial charge in [-0.15, -0.1) is 5.10 Å². The molecule has 0 unspecified atom stereocenters. The van der Waals surface area contributed by atoms with Crippen molar-refractivity contribution in [2.45, 2.75) is 58.7 Å². The van der Waals surface area contributed by atoms with Crippen LogP contribution in [0, 0.1) is 0 Å². The molecule has 0 aliphatic carbocycles. The molecule has 2 aromatic rings. The van der Waals surface area contributed by atoms with Crippen LogP contribution in [0.2, 0.25) is 0 Å². The maximum atomic E-state index is 4.41. The Bertz CT molecular complexity index is 667. The molecule has 1 saturated heterocycles. The second-order valence-electron chi connectivity index (χ2n) is 8.22. The zero-order valence-electron chi connectivity index (χ0n) is 16.6. The highest BCUT2D eigenvalue weighted by Gasteiger charge is 2.31. The van der Waals surface area contributed by atoms with Gasteiger partial charge in [-0.3, -0.25) is 9.80 Å². The van der Waals surface area contributed by atoms with Gasteiger partial charge in [0.15, 0.2) is 5.82 Å². The lowest BCUT2D eigenvalue weighted by molar-refractivity contribution is 0.0795. The zero-order valence-corrected chi connectivity index (χ0v) is 16.6. The first-order chi connectivity index (χ1) is 12.5. The molecule has 0 radical (unpaired) electrons. The molecule has 1 aliphatic heterocycles. The summed E-state index contributed by atoms with van der Waals surface area (Å²) >= 11 is 0. The van der Waals surface area contributed by atoms with Crippen molar-refractivity contribution in [2.24, 2.45) is 0 Å². The van der Waals surface area contributed by atoms with E-state index in [1.807, 2.05) is 4.68 Å². The summed E-state index contributed by atoms with van der Waals surface area (Å²) in [6, 6.07) is 11.0. The number of nitrogens with zero attached hydrogens (tertiary/aromatic N) is 6. The van der Waals surface area contributed by atoms with Crippen LogP contribution in [0.3, 0.4) is 0 Å². The summed E-state index contributed by atoms with van der Waals surface area (Å²) in [6.45, 7) is 14.1.